The fourth-order valence-corrected chi connectivity index (χ4v) is 3.64. The van der Waals surface area contributed by atoms with Crippen LogP contribution in [0.2, 0.25) is 0 Å². The van der Waals surface area contributed by atoms with Crippen molar-refractivity contribution in [3.05, 3.63) is 95.6 Å². The second-order valence-corrected chi connectivity index (χ2v) is 6.89. The third-order valence-electron chi connectivity index (χ3n) is 5.10. The van der Waals surface area contributed by atoms with E-state index in [9.17, 15) is 4.79 Å². The average molecular weight is 369 g/mol. The molecule has 0 fully saturated rings. The van der Waals surface area contributed by atoms with Crippen molar-refractivity contribution in [2.45, 2.75) is 12.8 Å². The molecular weight excluding hydrogens is 346 g/mol. The summed E-state index contributed by atoms with van der Waals surface area (Å²) in [5, 5.41) is 0. The van der Waals surface area contributed by atoms with E-state index in [1.807, 2.05) is 83.8 Å². The van der Waals surface area contributed by atoms with Gasteiger partial charge in [-0.25, -0.2) is 0 Å². The van der Waals surface area contributed by atoms with Gasteiger partial charge in [-0.05, 0) is 53.8 Å². The predicted octanol–water partition coefficient (Wildman–Crippen LogP) is 5.22. The molecule has 1 amide bonds. The number of fused-ring (bicyclic) bond motifs is 1. The van der Waals surface area contributed by atoms with Crippen molar-refractivity contribution >= 4 is 23.2 Å². The number of nitrogens with zero attached hydrogens (tertiary/aromatic N) is 1. The maximum absolute atomic E-state index is 13.6. The number of para-hydroxylation sites is 1. The van der Waals surface area contributed by atoms with E-state index < -0.39 is 0 Å². The highest BCUT2D eigenvalue weighted by Gasteiger charge is 2.25. The summed E-state index contributed by atoms with van der Waals surface area (Å²) in [6, 6.07) is 25.8. The SMILES string of the molecule is COc1ccc(/C=C(/C(=O)N2CCCc3ccccc32)c2ccccc2)cc1. The largest absolute Gasteiger partial charge is 0.497 e. The highest BCUT2D eigenvalue weighted by atomic mass is 16.5. The predicted molar refractivity (Wildman–Crippen MR) is 114 cm³/mol. The van der Waals surface area contributed by atoms with Gasteiger partial charge >= 0.3 is 0 Å². The first-order valence-corrected chi connectivity index (χ1v) is 9.57. The van der Waals surface area contributed by atoms with Gasteiger partial charge in [0.1, 0.15) is 5.75 Å². The van der Waals surface area contributed by atoms with Crippen molar-refractivity contribution in [2.24, 2.45) is 0 Å². The van der Waals surface area contributed by atoms with Gasteiger partial charge in [0.25, 0.3) is 5.91 Å². The minimum absolute atomic E-state index is 0.0363. The van der Waals surface area contributed by atoms with Crippen LogP contribution < -0.4 is 9.64 Å². The van der Waals surface area contributed by atoms with Gasteiger partial charge in [-0.15, -0.1) is 0 Å². The molecule has 0 radical (unpaired) electrons. The Morgan fingerprint density at radius 3 is 2.39 bits per heavy atom. The highest BCUT2D eigenvalue weighted by molar-refractivity contribution is 6.30. The number of rotatable bonds is 4. The molecule has 140 valence electrons. The molecule has 1 aliphatic heterocycles. The van der Waals surface area contributed by atoms with Gasteiger partial charge in [0.15, 0.2) is 0 Å². The Morgan fingerprint density at radius 1 is 0.929 bits per heavy atom. The Morgan fingerprint density at radius 2 is 1.64 bits per heavy atom. The Labute approximate surface area is 165 Å². The lowest BCUT2D eigenvalue weighted by atomic mass is 9.97. The zero-order valence-electron chi connectivity index (χ0n) is 16.0. The molecule has 28 heavy (non-hydrogen) atoms. The van der Waals surface area contributed by atoms with Crippen molar-refractivity contribution in [2.75, 3.05) is 18.6 Å². The van der Waals surface area contributed by atoms with E-state index in [4.69, 9.17) is 4.74 Å². The van der Waals surface area contributed by atoms with Crippen molar-refractivity contribution in [3.63, 3.8) is 0 Å². The van der Waals surface area contributed by atoms with Gasteiger partial charge in [0.2, 0.25) is 0 Å². The molecule has 0 saturated carbocycles. The third-order valence-corrected chi connectivity index (χ3v) is 5.10. The number of methoxy groups -OCH3 is 1. The fraction of sp³-hybridized carbons (Fsp3) is 0.160. The number of hydrogen-bond acceptors (Lipinski definition) is 2. The first kappa shape index (κ1) is 18.1. The molecule has 3 aromatic rings. The number of amides is 1. The standard InChI is InChI=1S/C25H23NO2/c1-28-22-15-13-19(14-16-22)18-23(20-8-3-2-4-9-20)25(27)26-17-7-11-21-10-5-6-12-24(21)26/h2-6,8-10,12-16,18H,7,11,17H2,1H3/b23-18+. The molecule has 1 heterocycles. The van der Waals surface area contributed by atoms with E-state index in [0.717, 1.165) is 42.0 Å². The number of anilines is 1. The van der Waals surface area contributed by atoms with E-state index in [0.29, 0.717) is 5.57 Å². The summed E-state index contributed by atoms with van der Waals surface area (Å²) in [6.07, 6.45) is 3.96. The molecule has 0 unspecified atom stereocenters. The third kappa shape index (κ3) is 3.70. The van der Waals surface area contributed by atoms with Crippen LogP contribution >= 0.6 is 0 Å². The van der Waals surface area contributed by atoms with Crippen LogP contribution in [0.1, 0.15) is 23.1 Å². The molecule has 3 heteroatoms. The summed E-state index contributed by atoms with van der Waals surface area (Å²) in [6.45, 7) is 0.739. The molecule has 1 aliphatic rings. The van der Waals surface area contributed by atoms with Gasteiger partial charge in [0.05, 0.1) is 7.11 Å². The minimum Gasteiger partial charge on any atom is -0.497 e. The normalized spacial score (nSPS) is 13.8. The Hall–Kier alpha value is -3.33. The lowest BCUT2D eigenvalue weighted by molar-refractivity contribution is -0.113. The van der Waals surface area contributed by atoms with Crippen LogP contribution in [-0.2, 0) is 11.2 Å². The van der Waals surface area contributed by atoms with E-state index in [1.54, 1.807) is 7.11 Å². The lowest BCUT2D eigenvalue weighted by Gasteiger charge is -2.30. The summed E-state index contributed by atoms with van der Waals surface area (Å²) >= 11 is 0. The number of carbonyl (C=O) groups is 1. The molecule has 0 aliphatic carbocycles. The summed E-state index contributed by atoms with van der Waals surface area (Å²) in [5.74, 6) is 0.837. The second kappa shape index (κ2) is 8.13. The van der Waals surface area contributed by atoms with E-state index in [2.05, 4.69) is 6.07 Å². The van der Waals surface area contributed by atoms with Gasteiger partial charge in [-0.2, -0.15) is 0 Å². The summed E-state index contributed by atoms with van der Waals surface area (Å²) in [5.41, 5.74) is 4.85. The van der Waals surface area contributed by atoms with Crippen LogP contribution in [-0.4, -0.2) is 19.6 Å². The number of hydrogen-bond donors (Lipinski definition) is 0. The average Bonchev–Trinajstić information content (AvgIpc) is 2.77. The fourth-order valence-electron chi connectivity index (χ4n) is 3.64. The Bertz CT molecular complexity index is 991. The number of ether oxygens (including phenoxy) is 1. The summed E-state index contributed by atoms with van der Waals surface area (Å²) in [7, 11) is 1.65. The van der Waals surface area contributed by atoms with Crippen LogP contribution in [0, 0.1) is 0 Å². The first-order chi connectivity index (χ1) is 13.8. The van der Waals surface area contributed by atoms with Crippen LogP contribution in [0.3, 0.4) is 0 Å². The van der Waals surface area contributed by atoms with Crippen molar-refractivity contribution in [1.82, 2.24) is 0 Å². The first-order valence-electron chi connectivity index (χ1n) is 9.57. The lowest BCUT2D eigenvalue weighted by Crippen LogP contribution is -2.36. The molecule has 3 nitrogen and oxygen atoms in total. The van der Waals surface area contributed by atoms with Crippen LogP contribution in [0.5, 0.6) is 5.75 Å². The smallest absolute Gasteiger partial charge is 0.258 e. The van der Waals surface area contributed by atoms with Crippen LogP contribution in [0.25, 0.3) is 11.6 Å². The maximum atomic E-state index is 13.6. The molecule has 4 rings (SSSR count). The van der Waals surface area contributed by atoms with E-state index >= 15 is 0 Å². The molecular formula is C25H23NO2. The monoisotopic (exact) mass is 369 g/mol. The van der Waals surface area contributed by atoms with Gasteiger partial charge in [0, 0.05) is 17.8 Å². The topological polar surface area (TPSA) is 29.5 Å². The highest BCUT2D eigenvalue weighted by Crippen LogP contribution is 2.31. The second-order valence-electron chi connectivity index (χ2n) is 6.89. The Balaban J connectivity index is 1.76. The molecule has 0 saturated heterocycles. The molecule has 0 N–H and O–H groups in total. The number of aryl methyl sites for hydroxylation is 1. The minimum atomic E-state index is 0.0363. The van der Waals surface area contributed by atoms with Gasteiger partial charge in [-0.1, -0.05) is 60.7 Å². The molecule has 3 aromatic carbocycles. The quantitative estimate of drug-likeness (QED) is 0.466. The van der Waals surface area contributed by atoms with Crippen molar-refractivity contribution in [1.29, 1.82) is 0 Å². The summed E-state index contributed by atoms with van der Waals surface area (Å²) in [4.78, 5) is 15.5. The van der Waals surface area contributed by atoms with Gasteiger partial charge in [-0.3, -0.25) is 4.79 Å². The van der Waals surface area contributed by atoms with E-state index in [1.165, 1.54) is 5.56 Å². The molecule has 0 spiro atoms. The summed E-state index contributed by atoms with van der Waals surface area (Å²) < 4.78 is 5.24. The van der Waals surface area contributed by atoms with Crippen molar-refractivity contribution < 1.29 is 9.53 Å². The van der Waals surface area contributed by atoms with Crippen molar-refractivity contribution in [3.8, 4) is 5.75 Å². The zero-order chi connectivity index (χ0) is 19.3. The number of carbonyl (C=O) groups excluding carboxylic acids is 1. The van der Waals surface area contributed by atoms with Gasteiger partial charge < -0.3 is 9.64 Å². The molecule has 0 bridgehead atoms. The molecule has 0 atom stereocenters. The van der Waals surface area contributed by atoms with E-state index in [-0.39, 0.29) is 5.91 Å². The van der Waals surface area contributed by atoms with Crippen LogP contribution in [0.4, 0.5) is 5.69 Å². The Kier molecular flexibility index (Phi) is 5.24. The number of benzene rings is 3. The maximum Gasteiger partial charge on any atom is 0.258 e. The molecule has 0 aromatic heterocycles. The van der Waals surface area contributed by atoms with Crippen LogP contribution in [0.15, 0.2) is 78.9 Å². The zero-order valence-corrected chi connectivity index (χ0v) is 16.0.